The first-order chi connectivity index (χ1) is 6.68. The number of hydrogen-bond acceptors (Lipinski definition) is 1. The van der Waals surface area contributed by atoms with Crippen molar-refractivity contribution < 1.29 is 0 Å². The van der Waals surface area contributed by atoms with Crippen molar-refractivity contribution in [3.05, 3.63) is 0 Å². The summed E-state index contributed by atoms with van der Waals surface area (Å²) in [5.41, 5.74) is 0.842. The van der Waals surface area contributed by atoms with Gasteiger partial charge in [-0.2, -0.15) is 0 Å². The van der Waals surface area contributed by atoms with Gasteiger partial charge in [-0.05, 0) is 50.9 Å². The van der Waals surface area contributed by atoms with Crippen LogP contribution in [0.15, 0.2) is 0 Å². The van der Waals surface area contributed by atoms with Gasteiger partial charge in [-0.25, -0.2) is 0 Å². The van der Waals surface area contributed by atoms with Gasteiger partial charge in [-0.1, -0.05) is 20.8 Å². The van der Waals surface area contributed by atoms with E-state index in [1.54, 1.807) is 0 Å². The fourth-order valence-corrected chi connectivity index (χ4v) is 3.23. The highest BCUT2D eigenvalue weighted by molar-refractivity contribution is 5.07. The number of likely N-dealkylation sites (tertiary alicyclic amines) is 1. The minimum Gasteiger partial charge on any atom is -0.295 e. The van der Waals surface area contributed by atoms with Crippen LogP contribution in [-0.2, 0) is 0 Å². The van der Waals surface area contributed by atoms with E-state index >= 15 is 0 Å². The van der Waals surface area contributed by atoms with Crippen LogP contribution in [0.5, 0.6) is 0 Å². The lowest BCUT2D eigenvalue weighted by Crippen LogP contribution is -2.47. The Morgan fingerprint density at radius 1 is 1.07 bits per heavy atom. The molecule has 1 heteroatoms. The Hall–Kier alpha value is -0.0400. The molecule has 88 valence electrons. The molecular weight excluding hydrogens is 182 g/mol. The standard InChI is InChI=1S/C14H27N/c1-13(2,3)8-12-11-7-10(11)9-15(12)14(4,5)6/h10-12H,7-9H2,1-6H3. The third-order valence-electron chi connectivity index (χ3n) is 3.99. The summed E-state index contributed by atoms with van der Waals surface area (Å²) >= 11 is 0. The van der Waals surface area contributed by atoms with Gasteiger partial charge in [0.2, 0.25) is 0 Å². The fourth-order valence-electron chi connectivity index (χ4n) is 3.23. The van der Waals surface area contributed by atoms with Crippen molar-refractivity contribution in [3.8, 4) is 0 Å². The molecule has 3 atom stereocenters. The second-order valence-corrected chi connectivity index (χ2v) is 7.81. The van der Waals surface area contributed by atoms with Crippen molar-refractivity contribution in [1.29, 1.82) is 0 Å². The number of piperidine rings is 1. The quantitative estimate of drug-likeness (QED) is 0.638. The molecule has 3 unspecified atom stereocenters. The van der Waals surface area contributed by atoms with E-state index in [1.165, 1.54) is 19.4 Å². The summed E-state index contributed by atoms with van der Waals surface area (Å²) in [6.45, 7) is 15.6. The molecule has 1 aliphatic carbocycles. The molecular formula is C14H27N. The Morgan fingerprint density at radius 3 is 2.13 bits per heavy atom. The highest BCUT2D eigenvalue weighted by Gasteiger charge is 2.55. The molecule has 0 spiro atoms. The first-order valence-electron chi connectivity index (χ1n) is 6.45. The van der Waals surface area contributed by atoms with Crippen LogP contribution in [0.3, 0.4) is 0 Å². The molecule has 0 aromatic rings. The summed E-state index contributed by atoms with van der Waals surface area (Å²) in [5.74, 6) is 2.07. The number of hydrogen-bond donors (Lipinski definition) is 0. The Morgan fingerprint density at radius 2 is 1.67 bits per heavy atom. The summed E-state index contributed by atoms with van der Waals surface area (Å²) in [4.78, 5) is 2.76. The van der Waals surface area contributed by atoms with Crippen molar-refractivity contribution in [1.82, 2.24) is 4.90 Å². The molecule has 2 rings (SSSR count). The molecule has 1 aliphatic heterocycles. The summed E-state index contributed by atoms with van der Waals surface area (Å²) in [7, 11) is 0. The second-order valence-electron chi connectivity index (χ2n) is 7.81. The van der Waals surface area contributed by atoms with Crippen molar-refractivity contribution in [3.63, 3.8) is 0 Å². The minimum absolute atomic E-state index is 0.364. The van der Waals surface area contributed by atoms with E-state index in [0.29, 0.717) is 11.0 Å². The minimum atomic E-state index is 0.364. The Bertz CT molecular complexity index is 243. The van der Waals surface area contributed by atoms with Gasteiger partial charge >= 0.3 is 0 Å². The molecule has 15 heavy (non-hydrogen) atoms. The van der Waals surface area contributed by atoms with Gasteiger partial charge in [0, 0.05) is 18.1 Å². The molecule has 1 heterocycles. The molecule has 2 aliphatic rings. The highest BCUT2D eigenvalue weighted by atomic mass is 15.3. The van der Waals surface area contributed by atoms with E-state index in [9.17, 15) is 0 Å². The molecule has 0 aromatic heterocycles. The van der Waals surface area contributed by atoms with Crippen LogP contribution in [-0.4, -0.2) is 23.0 Å². The first kappa shape index (κ1) is 11.4. The topological polar surface area (TPSA) is 3.24 Å². The maximum absolute atomic E-state index is 2.76. The van der Waals surface area contributed by atoms with Crippen LogP contribution < -0.4 is 0 Å². The van der Waals surface area contributed by atoms with Gasteiger partial charge in [-0.3, -0.25) is 4.90 Å². The van der Waals surface area contributed by atoms with E-state index in [2.05, 4.69) is 46.4 Å². The zero-order chi connectivity index (χ0) is 11.4. The van der Waals surface area contributed by atoms with Gasteiger partial charge < -0.3 is 0 Å². The average molecular weight is 209 g/mol. The van der Waals surface area contributed by atoms with Gasteiger partial charge in [-0.15, -0.1) is 0 Å². The summed E-state index contributed by atoms with van der Waals surface area (Å²) in [6.07, 6.45) is 2.87. The fraction of sp³-hybridized carbons (Fsp3) is 1.00. The maximum atomic E-state index is 2.76. The van der Waals surface area contributed by atoms with Gasteiger partial charge in [0.15, 0.2) is 0 Å². The van der Waals surface area contributed by atoms with Crippen LogP contribution >= 0.6 is 0 Å². The summed E-state index contributed by atoms with van der Waals surface area (Å²) in [6, 6.07) is 0.856. The second kappa shape index (κ2) is 3.23. The normalized spacial score (nSPS) is 36.8. The zero-order valence-corrected chi connectivity index (χ0v) is 11.3. The van der Waals surface area contributed by atoms with E-state index in [1.807, 2.05) is 0 Å². The summed E-state index contributed by atoms with van der Waals surface area (Å²) in [5, 5.41) is 0. The van der Waals surface area contributed by atoms with Crippen LogP contribution in [0.1, 0.15) is 54.4 Å². The lowest BCUT2D eigenvalue weighted by molar-refractivity contribution is 0.0745. The lowest BCUT2D eigenvalue weighted by atomic mass is 9.85. The van der Waals surface area contributed by atoms with Crippen LogP contribution in [0.2, 0.25) is 0 Å². The third-order valence-corrected chi connectivity index (χ3v) is 3.99. The Balaban J connectivity index is 2.07. The average Bonchev–Trinajstić information content (AvgIpc) is 2.65. The van der Waals surface area contributed by atoms with Crippen molar-refractivity contribution in [2.75, 3.05) is 6.54 Å². The van der Waals surface area contributed by atoms with E-state index in [4.69, 9.17) is 0 Å². The number of nitrogens with zero attached hydrogens (tertiary/aromatic N) is 1. The predicted molar refractivity (Wildman–Crippen MR) is 65.9 cm³/mol. The molecule has 1 saturated heterocycles. The molecule has 0 aromatic carbocycles. The third kappa shape index (κ3) is 2.38. The monoisotopic (exact) mass is 209 g/mol. The highest BCUT2D eigenvalue weighted by Crippen LogP contribution is 2.54. The van der Waals surface area contributed by atoms with Crippen molar-refractivity contribution in [2.24, 2.45) is 17.3 Å². The zero-order valence-electron chi connectivity index (χ0n) is 11.3. The number of rotatable bonds is 1. The van der Waals surface area contributed by atoms with Crippen LogP contribution in [0, 0.1) is 17.3 Å². The molecule has 0 N–H and O–H groups in total. The Kier molecular flexibility index (Phi) is 2.46. The van der Waals surface area contributed by atoms with Crippen molar-refractivity contribution >= 4 is 0 Å². The molecule has 0 bridgehead atoms. The summed E-state index contributed by atoms with van der Waals surface area (Å²) < 4.78 is 0. The van der Waals surface area contributed by atoms with Gasteiger partial charge in [0.25, 0.3) is 0 Å². The molecule has 0 amide bonds. The van der Waals surface area contributed by atoms with Crippen molar-refractivity contribution in [2.45, 2.75) is 66.0 Å². The molecule has 0 radical (unpaired) electrons. The lowest BCUT2D eigenvalue weighted by Gasteiger charge is -2.41. The van der Waals surface area contributed by atoms with Gasteiger partial charge in [0.1, 0.15) is 0 Å². The smallest absolute Gasteiger partial charge is 0.0137 e. The van der Waals surface area contributed by atoms with Crippen LogP contribution in [0.25, 0.3) is 0 Å². The Labute approximate surface area is 95.2 Å². The van der Waals surface area contributed by atoms with E-state index in [-0.39, 0.29) is 0 Å². The molecule has 2 fully saturated rings. The molecule has 1 nitrogen and oxygen atoms in total. The maximum Gasteiger partial charge on any atom is 0.0137 e. The van der Waals surface area contributed by atoms with E-state index in [0.717, 1.165) is 17.9 Å². The van der Waals surface area contributed by atoms with Gasteiger partial charge in [0.05, 0.1) is 0 Å². The SMILES string of the molecule is CC(C)(C)CC1C2CC2CN1C(C)(C)C. The largest absolute Gasteiger partial charge is 0.295 e. The number of fused-ring (bicyclic) bond motifs is 1. The van der Waals surface area contributed by atoms with E-state index < -0.39 is 0 Å². The predicted octanol–water partition coefficient (Wildman–Crippen LogP) is 3.54. The molecule has 1 saturated carbocycles. The first-order valence-corrected chi connectivity index (χ1v) is 6.45. The van der Waals surface area contributed by atoms with Crippen LogP contribution in [0.4, 0.5) is 0 Å².